The van der Waals surface area contributed by atoms with Crippen LogP contribution in [0.25, 0.3) is 0 Å². The third-order valence-electron chi connectivity index (χ3n) is 4.10. The predicted molar refractivity (Wildman–Crippen MR) is 80.9 cm³/mol. The molecule has 0 nitrogen and oxygen atoms in total. The molecule has 1 aliphatic heterocycles. The summed E-state index contributed by atoms with van der Waals surface area (Å²) in [5, 5.41) is 1.94. The summed E-state index contributed by atoms with van der Waals surface area (Å²) >= 11 is 0. The van der Waals surface area contributed by atoms with E-state index in [4.69, 9.17) is 0 Å². The summed E-state index contributed by atoms with van der Waals surface area (Å²) in [7, 11) is -0.0620. The number of benzene rings is 2. The molecule has 0 aromatic heterocycles. The van der Waals surface area contributed by atoms with E-state index in [9.17, 15) is 0 Å². The van der Waals surface area contributed by atoms with Crippen molar-refractivity contribution in [2.75, 3.05) is 6.16 Å². The van der Waals surface area contributed by atoms with Crippen LogP contribution in [0.4, 0.5) is 0 Å². The van der Waals surface area contributed by atoms with Crippen LogP contribution in [0.15, 0.2) is 60.7 Å². The highest BCUT2D eigenvalue weighted by Crippen LogP contribution is 2.62. The minimum atomic E-state index is -0.0620. The van der Waals surface area contributed by atoms with Crippen LogP contribution in [0.3, 0.4) is 0 Å². The Morgan fingerprint density at radius 3 is 2.17 bits per heavy atom. The molecule has 18 heavy (non-hydrogen) atoms. The van der Waals surface area contributed by atoms with Crippen molar-refractivity contribution < 1.29 is 0 Å². The van der Waals surface area contributed by atoms with Crippen molar-refractivity contribution >= 4 is 13.2 Å². The van der Waals surface area contributed by atoms with Gasteiger partial charge in [0.25, 0.3) is 0 Å². The summed E-state index contributed by atoms with van der Waals surface area (Å²) in [5.74, 6) is 0. The van der Waals surface area contributed by atoms with Gasteiger partial charge < -0.3 is 0 Å². The fourth-order valence-corrected chi connectivity index (χ4v) is 6.30. The highest BCUT2D eigenvalue weighted by molar-refractivity contribution is 7.67. The Morgan fingerprint density at radius 1 is 0.889 bits per heavy atom. The Labute approximate surface area is 111 Å². The van der Waals surface area contributed by atoms with Gasteiger partial charge in [0.15, 0.2) is 0 Å². The van der Waals surface area contributed by atoms with Gasteiger partial charge in [0, 0.05) is 5.16 Å². The van der Waals surface area contributed by atoms with E-state index in [1.807, 2.05) is 0 Å². The Kier molecular flexibility index (Phi) is 3.22. The highest BCUT2D eigenvalue weighted by atomic mass is 31.1. The first-order valence-electron chi connectivity index (χ1n) is 6.69. The largest absolute Gasteiger partial charge is 0.0648 e. The van der Waals surface area contributed by atoms with Crippen LogP contribution < -0.4 is 5.30 Å². The fraction of sp³-hybridized carbons (Fsp3) is 0.294. The molecule has 2 unspecified atom stereocenters. The minimum absolute atomic E-state index is 0.0620. The van der Waals surface area contributed by atoms with Gasteiger partial charge in [0.2, 0.25) is 0 Å². The van der Waals surface area contributed by atoms with Crippen LogP contribution in [0.1, 0.15) is 25.3 Å². The van der Waals surface area contributed by atoms with Gasteiger partial charge in [0.1, 0.15) is 0 Å². The summed E-state index contributed by atoms with van der Waals surface area (Å²) < 4.78 is 0. The summed E-state index contributed by atoms with van der Waals surface area (Å²) in [6.45, 7) is 2.47. The molecule has 1 saturated heterocycles. The van der Waals surface area contributed by atoms with Gasteiger partial charge >= 0.3 is 0 Å². The maximum absolute atomic E-state index is 2.47. The van der Waals surface area contributed by atoms with E-state index in [0.29, 0.717) is 5.16 Å². The first-order chi connectivity index (χ1) is 8.81. The van der Waals surface area contributed by atoms with Gasteiger partial charge in [-0.1, -0.05) is 75.5 Å². The Hall–Kier alpha value is -1.13. The quantitative estimate of drug-likeness (QED) is 0.692. The zero-order valence-corrected chi connectivity index (χ0v) is 11.7. The molecule has 1 heteroatoms. The lowest BCUT2D eigenvalue weighted by atomic mass is 9.96. The van der Waals surface area contributed by atoms with Crippen molar-refractivity contribution in [1.82, 2.24) is 0 Å². The van der Waals surface area contributed by atoms with Crippen molar-refractivity contribution in [3.63, 3.8) is 0 Å². The summed E-state index contributed by atoms with van der Waals surface area (Å²) in [5.41, 5.74) is 1.53. The molecule has 92 valence electrons. The average Bonchev–Trinajstić information content (AvgIpc) is 2.84. The molecule has 1 heterocycles. The fourth-order valence-electron chi connectivity index (χ4n) is 3.08. The van der Waals surface area contributed by atoms with E-state index >= 15 is 0 Å². The molecule has 1 fully saturated rings. The van der Waals surface area contributed by atoms with Crippen molar-refractivity contribution in [1.29, 1.82) is 0 Å². The lowest BCUT2D eigenvalue weighted by Crippen LogP contribution is -2.20. The lowest BCUT2D eigenvalue weighted by molar-refractivity contribution is 0.640. The normalized spacial score (nSPS) is 27.3. The molecular weight excluding hydrogens is 235 g/mol. The van der Waals surface area contributed by atoms with Crippen LogP contribution >= 0.6 is 7.92 Å². The summed E-state index contributed by atoms with van der Waals surface area (Å²) in [6.07, 6.45) is 4.08. The topological polar surface area (TPSA) is 0 Å². The van der Waals surface area contributed by atoms with Crippen LogP contribution in [0.2, 0.25) is 0 Å². The molecule has 0 bridgehead atoms. The van der Waals surface area contributed by atoms with Gasteiger partial charge in [-0.15, -0.1) is 0 Å². The monoisotopic (exact) mass is 254 g/mol. The summed E-state index contributed by atoms with van der Waals surface area (Å²) in [6, 6.07) is 22.2. The molecule has 2 atom stereocenters. The van der Waals surface area contributed by atoms with Crippen molar-refractivity contribution in [3.8, 4) is 0 Å². The third kappa shape index (κ3) is 1.99. The predicted octanol–water partition coefficient (Wildman–Crippen LogP) is 4.50. The molecule has 0 spiro atoms. The number of hydrogen-bond donors (Lipinski definition) is 0. The highest BCUT2D eigenvalue weighted by Gasteiger charge is 2.40. The molecule has 2 aromatic rings. The van der Waals surface area contributed by atoms with Gasteiger partial charge in [0.05, 0.1) is 0 Å². The van der Waals surface area contributed by atoms with Crippen molar-refractivity contribution in [2.45, 2.75) is 24.9 Å². The zero-order valence-electron chi connectivity index (χ0n) is 10.8. The van der Waals surface area contributed by atoms with Crippen molar-refractivity contribution in [2.24, 2.45) is 0 Å². The second kappa shape index (κ2) is 4.86. The first-order valence-corrected chi connectivity index (χ1v) is 8.22. The number of rotatable bonds is 2. The molecule has 0 saturated carbocycles. The maximum Gasteiger partial charge on any atom is 0.0167 e. The van der Waals surface area contributed by atoms with Crippen LogP contribution in [-0.2, 0) is 5.16 Å². The zero-order chi connectivity index (χ0) is 12.4. The van der Waals surface area contributed by atoms with Crippen molar-refractivity contribution in [3.05, 3.63) is 66.2 Å². The Balaban J connectivity index is 2.01. The van der Waals surface area contributed by atoms with E-state index < -0.39 is 0 Å². The van der Waals surface area contributed by atoms with E-state index in [2.05, 4.69) is 67.6 Å². The lowest BCUT2D eigenvalue weighted by Gasteiger charge is -2.33. The molecule has 3 rings (SSSR count). The molecule has 0 amide bonds. The van der Waals surface area contributed by atoms with E-state index in [1.165, 1.54) is 24.6 Å². The van der Waals surface area contributed by atoms with E-state index in [-0.39, 0.29) is 7.92 Å². The Bertz CT molecular complexity index is 506. The Morgan fingerprint density at radius 2 is 1.50 bits per heavy atom. The van der Waals surface area contributed by atoms with E-state index in [0.717, 1.165) is 0 Å². The average molecular weight is 254 g/mol. The van der Waals surface area contributed by atoms with Crippen LogP contribution in [0.5, 0.6) is 0 Å². The molecule has 0 aliphatic carbocycles. The van der Waals surface area contributed by atoms with Gasteiger partial charge in [-0.05, 0) is 29.9 Å². The second-order valence-electron chi connectivity index (χ2n) is 5.23. The maximum atomic E-state index is 2.47. The molecular formula is C17H19P. The van der Waals surface area contributed by atoms with Gasteiger partial charge in [-0.25, -0.2) is 0 Å². The standard InChI is InChI=1S/C17H19P/c1-17(15-9-4-2-5-10-15)13-8-14-18(17)16-11-6-3-7-12-16/h2-7,9-12H,8,13-14H2,1H3. The third-order valence-corrected chi connectivity index (χ3v) is 7.46. The molecule has 0 radical (unpaired) electrons. The van der Waals surface area contributed by atoms with Gasteiger partial charge in [-0.2, -0.15) is 0 Å². The van der Waals surface area contributed by atoms with E-state index in [1.54, 1.807) is 5.30 Å². The number of hydrogen-bond acceptors (Lipinski definition) is 0. The first kappa shape index (κ1) is 11.9. The minimum Gasteiger partial charge on any atom is -0.0648 e. The molecule has 2 aromatic carbocycles. The van der Waals surface area contributed by atoms with Crippen LogP contribution in [0, 0.1) is 0 Å². The van der Waals surface area contributed by atoms with Crippen LogP contribution in [-0.4, -0.2) is 6.16 Å². The smallest absolute Gasteiger partial charge is 0.0167 e. The second-order valence-corrected chi connectivity index (χ2v) is 8.04. The summed E-state index contributed by atoms with van der Waals surface area (Å²) in [4.78, 5) is 0. The van der Waals surface area contributed by atoms with Gasteiger partial charge in [-0.3, -0.25) is 0 Å². The SMILES string of the molecule is CC1(c2ccccc2)CCCP1c1ccccc1. The molecule has 0 N–H and O–H groups in total. The molecule has 1 aliphatic rings.